The molecule has 0 spiro atoms. The molecule has 1 atom stereocenters. The summed E-state index contributed by atoms with van der Waals surface area (Å²) in [6.45, 7) is 1.98. The highest BCUT2D eigenvalue weighted by molar-refractivity contribution is 7.05. The van der Waals surface area contributed by atoms with Crippen LogP contribution < -0.4 is 0 Å². The molecule has 0 aliphatic carbocycles. The van der Waals surface area contributed by atoms with Crippen LogP contribution in [-0.2, 0) is 6.42 Å². The molecular weight excluding hydrogens is 258 g/mol. The quantitative estimate of drug-likeness (QED) is 0.929. The number of aliphatic hydroxyl groups excluding tert-OH is 1. The summed E-state index contributed by atoms with van der Waals surface area (Å²) in [5, 5.41) is 14.0. The van der Waals surface area contributed by atoms with Crippen LogP contribution in [0, 0.1) is 11.6 Å². The third kappa shape index (κ3) is 2.54. The van der Waals surface area contributed by atoms with Crippen LogP contribution in [0.25, 0.3) is 0 Å². The van der Waals surface area contributed by atoms with Crippen molar-refractivity contribution in [2.75, 3.05) is 0 Å². The van der Waals surface area contributed by atoms with Crippen molar-refractivity contribution in [3.05, 3.63) is 46.0 Å². The normalized spacial score (nSPS) is 12.7. The van der Waals surface area contributed by atoms with Gasteiger partial charge in [0.05, 0.1) is 10.6 Å². The van der Waals surface area contributed by atoms with Gasteiger partial charge in [-0.15, -0.1) is 5.10 Å². The van der Waals surface area contributed by atoms with Gasteiger partial charge in [0.2, 0.25) is 0 Å². The van der Waals surface area contributed by atoms with E-state index in [0.29, 0.717) is 17.0 Å². The van der Waals surface area contributed by atoms with E-state index in [4.69, 9.17) is 0 Å². The zero-order chi connectivity index (χ0) is 13.1. The highest BCUT2D eigenvalue weighted by Gasteiger charge is 2.21. The molecule has 0 saturated carbocycles. The van der Waals surface area contributed by atoms with E-state index < -0.39 is 17.7 Å². The molecule has 96 valence electrons. The fourth-order valence-electron chi connectivity index (χ4n) is 1.70. The molecule has 6 heteroatoms. The van der Waals surface area contributed by atoms with Crippen LogP contribution >= 0.6 is 11.5 Å². The van der Waals surface area contributed by atoms with E-state index in [2.05, 4.69) is 9.59 Å². The number of halogens is 2. The summed E-state index contributed by atoms with van der Waals surface area (Å²) in [6, 6.07) is 3.12. The van der Waals surface area contributed by atoms with Gasteiger partial charge >= 0.3 is 0 Å². The van der Waals surface area contributed by atoms with Crippen LogP contribution in [-0.4, -0.2) is 14.7 Å². The van der Waals surface area contributed by atoms with E-state index in [1.54, 1.807) is 0 Å². The van der Waals surface area contributed by atoms with Gasteiger partial charge in [0.25, 0.3) is 0 Å². The Balaban J connectivity index is 2.35. The maximum atomic E-state index is 13.6. The Bertz CT molecular complexity index is 545. The first-order chi connectivity index (χ1) is 8.63. The molecule has 1 heterocycles. The average molecular weight is 270 g/mol. The summed E-state index contributed by atoms with van der Waals surface area (Å²) in [6.07, 6.45) is 0.384. The standard InChI is InChI=1S/C12H12F2N2OS/c1-2-3-10-12(18-16-15-10)11(17)8-5-4-7(13)6-9(8)14/h4-6,11,17H,2-3H2,1H3. The summed E-state index contributed by atoms with van der Waals surface area (Å²) in [5.41, 5.74) is 0.707. The lowest BCUT2D eigenvalue weighted by Crippen LogP contribution is -2.04. The van der Waals surface area contributed by atoms with Gasteiger partial charge in [-0.2, -0.15) is 0 Å². The molecule has 0 radical (unpaired) electrons. The zero-order valence-electron chi connectivity index (χ0n) is 9.73. The number of rotatable bonds is 4. The van der Waals surface area contributed by atoms with Crippen LogP contribution in [0.2, 0.25) is 0 Å². The Morgan fingerprint density at radius 2 is 2.17 bits per heavy atom. The smallest absolute Gasteiger partial charge is 0.132 e. The van der Waals surface area contributed by atoms with Gasteiger partial charge in [-0.25, -0.2) is 8.78 Å². The molecule has 3 nitrogen and oxygen atoms in total. The molecule has 2 rings (SSSR count). The lowest BCUT2D eigenvalue weighted by Gasteiger charge is -2.10. The fourth-order valence-corrected chi connectivity index (χ4v) is 2.40. The van der Waals surface area contributed by atoms with E-state index in [-0.39, 0.29) is 5.56 Å². The van der Waals surface area contributed by atoms with Gasteiger partial charge < -0.3 is 5.11 Å². The monoisotopic (exact) mass is 270 g/mol. The summed E-state index contributed by atoms with van der Waals surface area (Å²) in [7, 11) is 0. The van der Waals surface area contributed by atoms with Gasteiger partial charge in [-0.1, -0.05) is 23.9 Å². The lowest BCUT2D eigenvalue weighted by atomic mass is 10.0. The maximum Gasteiger partial charge on any atom is 0.132 e. The number of aromatic nitrogens is 2. The zero-order valence-corrected chi connectivity index (χ0v) is 10.5. The minimum absolute atomic E-state index is 0.0415. The van der Waals surface area contributed by atoms with Crippen molar-refractivity contribution in [3.63, 3.8) is 0 Å². The molecule has 1 unspecified atom stereocenters. The number of hydrogen-bond acceptors (Lipinski definition) is 4. The Labute approximate surface area is 107 Å². The largest absolute Gasteiger partial charge is 0.383 e. The van der Waals surface area contributed by atoms with Gasteiger partial charge in [0.15, 0.2) is 0 Å². The molecule has 2 aromatic rings. The minimum Gasteiger partial charge on any atom is -0.383 e. The first-order valence-electron chi connectivity index (χ1n) is 5.57. The van der Waals surface area contributed by atoms with E-state index in [0.717, 1.165) is 30.1 Å². The Kier molecular flexibility index (Phi) is 3.98. The van der Waals surface area contributed by atoms with Gasteiger partial charge in [0.1, 0.15) is 17.7 Å². The van der Waals surface area contributed by atoms with Crippen LogP contribution in [0.1, 0.15) is 35.6 Å². The van der Waals surface area contributed by atoms with Crippen LogP contribution in [0.3, 0.4) is 0 Å². The second-order valence-corrected chi connectivity index (χ2v) is 4.69. The lowest BCUT2D eigenvalue weighted by molar-refractivity contribution is 0.217. The molecule has 1 aromatic heterocycles. The van der Waals surface area contributed by atoms with Crippen molar-refractivity contribution < 1.29 is 13.9 Å². The summed E-state index contributed by atoms with van der Waals surface area (Å²) < 4.78 is 30.2. The van der Waals surface area contributed by atoms with Gasteiger partial charge in [-0.3, -0.25) is 0 Å². The highest BCUT2D eigenvalue weighted by Crippen LogP contribution is 2.29. The molecule has 0 fully saturated rings. The topological polar surface area (TPSA) is 46.0 Å². The van der Waals surface area contributed by atoms with Crippen LogP contribution in [0.15, 0.2) is 18.2 Å². The second kappa shape index (κ2) is 5.49. The maximum absolute atomic E-state index is 13.6. The van der Waals surface area contributed by atoms with Crippen molar-refractivity contribution in [1.82, 2.24) is 9.59 Å². The minimum atomic E-state index is -1.15. The summed E-state index contributed by atoms with van der Waals surface area (Å²) >= 11 is 1.03. The SMILES string of the molecule is CCCc1nnsc1C(O)c1ccc(F)cc1F. The average Bonchev–Trinajstić information content (AvgIpc) is 2.77. The van der Waals surface area contributed by atoms with E-state index in [1.165, 1.54) is 6.07 Å². The van der Waals surface area contributed by atoms with Gasteiger partial charge in [0, 0.05) is 11.6 Å². The second-order valence-electron chi connectivity index (χ2n) is 3.90. The van der Waals surface area contributed by atoms with E-state index >= 15 is 0 Å². The molecule has 0 saturated heterocycles. The number of aryl methyl sites for hydroxylation is 1. The predicted octanol–water partition coefficient (Wildman–Crippen LogP) is 2.85. The summed E-state index contributed by atoms with van der Waals surface area (Å²) in [4.78, 5) is 0.516. The van der Waals surface area contributed by atoms with Crippen LogP contribution in [0.4, 0.5) is 8.78 Å². The first kappa shape index (κ1) is 13.0. The van der Waals surface area contributed by atoms with Crippen molar-refractivity contribution in [2.24, 2.45) is 0 Å². The summed E-state index contributed by atoms with van der Waals surface area (Å²) in [5.74, 6) is -1.43. The Hall–Kier alpha value is -1.40. The molecule has 1 aromatic carbocycles. The Morgan fingerprint density at radius 3 is 2.83 bits per heavy atom. The number of aliphatic hydroxyl groups is 1. The van der Waals surface area contributed by atoms with E-state index in [9.17, 15) is 13.9 Å². The molecule has 1 N–H and O–H groups in total. The molecular formula is C12H12F2N2OS. The predicted molar refractivity (Wildman–Crippen MR) is 64.3 cm³/mol. The molecule has 0 aliphatic rings. The van der Waals surface area contributed by atoms with Crippen molar-refractivity contribution >= 4 is 11.5 Å². The number of nitrogens with zero attached hydrogens (tertiary/aromatic N) is 2. The molecule has 0 aliphatic heterocycles. The first-order valence-corrected chi connectivity index (χ1v) is 6.35. The third-order valence-corrected chi connectivity index (χ3v) is 3.40. The Morgan fingerprint density at radius 1 is 1.39 bits per heavy atom. The number of benzene rings is 1. The van der Waals surface area contributed by atoms with Crippen molar-refractivity contribution in [2.45, 2.75) is 25.9 Å². The molecule has 18 heavy (non-hydrogen) atoms. The van der Waals surface area contributed by atoms with Crippen molar-refractivity contribution in [1.29, 1.82) is 0 Å². The third-order valence-electron chi connectivity index (χ3n) is 2.58. The molecule has 0 bridgehead atoms. The van der Waals surface area contributed by atoms with Crippen LogP contribution in [0.5, 0.6) is 0 Å². The van der Waals surface area contributed by atoms with E-state index in [1.807, 2.05) is 6.92 Å². The molecule has 0 amide bonds. The fraction of sp³-hybridized carbons (Fsp3) is 0.333. The van der Waals surface area contributed by atoms with Crippen molar-refractivity contribution in [3.8, 4) is 0 Å². The highest BCUT2D eigenvalue weighted by atomic mass is 32.1. The number of hydrogen-bond donors (Lipinski definition) is 1. The van der Waals surface area contributed by atoms with Gasteiger partial charge in [-0.05, 0) is 24.0 Å².